The molecule has 2 aliphatic rings. The van der Waals surface area contributed by atoms with Gasteiger partial charge in [0.05, 0.1) is 13.2 Å². The van der Waals surface area contributed by atoms with Crippen LogP contribution in [-0.4, -0.2) is 31.7 Å². The normalized spacial score (nSPS) is 21.6. The van der Waals surface area contributed by atoms with E-state index in [4.69, 9.17) is 9.47 Å². The van der Waals surface area contributed by atoms with Gasteiger partial charge in [0.2, 0.25) is 0 Å². The van der Waals surface area contributed by atoms with Gasteiger partial charge in [0.25, 0.3) is 0 Å². The molecule has 1 aliphatic heterocycles. The van der Waals surface area contributed by atoms with E-state index >= 15 is 0 Å². The third-order valence-electron chi connectivity index (χ3n) is 4.30. The summed E-state index contributed by atoms with van der Waals surface area (Å²) in [5, 5.41) is 3.50. The molecule has 0 unspecified atom stereocenters. The quantitative estimate of drug-likeness (QED) is 0.907. The van der Waals surface area contributed by atoms with Gasteiger partial charge in [-0.05, 0) is 30.5 Å². The van der Waals surface area contributed by atoms with Gasteiger partial charge in [0, 0.05) is 25.4 Å². The maximum absolute atomic E-state index is 12.1. The minimum Gasteiger partial charge on any atom is -0.435 e. The number of alkyl halides is 2. The molecule has 22 heavy (non-hydrogen) atoms. The Hall–Kier alpha value is -1.24. The predicted molar refractivity (Wildman–Crippen MR) is 76.8 cm³/mol. The Kier molecular flexibility index (Phi) is 4.90. The highest BCUT2D eigenvalue weighted by atomic mass is 19.3. The second kappa shape index (κ2) is 6.89. The molecule has 3 rings (SSSR count). The number of halogens is 2. The Morgan fingerprint density at radius 3 is 2.36 bits per heavy atom. The van der Waals surface area contributed by atoms with Crippen LogP contribution >= 0.6 is 0 Å². The summed E-state index contributed by atoms with van der Waals surface area (Å²) in [6, 6.07) is 7.19. The number of benzene rings is 1. The first-order valence-electron chi connectivity index (χ1n) is 7.70. The van der Waals surface area contributed by atoms with E-state index in [2.05, 4.69) is 10.1 Å². The molecule has 4 nitrogen and oxygen atoms in total. The first kappa shape index (κ1) is 15.6. The standard InChI is InChI=1S/C16H21F2NO3/c17-15(18)22-14-3-1-12(2-4-14)11-19-13-5-7-16(8-6-13)20-9-10-21-16/h1-4,13,15,19H,5-11H2. The zero-order valence-corrected chi connectivity index (χ0v) is 12.4. The molecule has 6 heteroatoms. The number of rotatable bonds is 5. The van der Waals surface area contributed by atoms with E-state index in [0.717, 1.165) is 31.2 Å². The van der Waals surface area contributed by atoms with Gasteiger partial charge in [-0.2, -0.15) is 8.78 Å². The van der Waals surface area contributed by atoms with Crippen molar-refractivity contribution in [3.05, 3.63) is 29.8 Å². The van der Waals surface area contributed by atoms with E-state index in [0.29, 0.717) is 25.8 Å². The van der Waals surface area contributed by atoms with Crippen LogP contribution in [0.2, 0.25) is 0 Å². The van der Waals surface area contributed by atoms with Crippen molar-refractivity contribution in [1.29, 1.82) is 0 Å². The number of hydrogen-bond donors (Lipinski definition) is 1. The lowest BCUT2D eigenvalue weighted by Crippen LogP contribution is -2.41. The third-order valence-corrected chi connectivity index (χ3v) is 4.30. The molecule has 0 radical (unpaired) electrons. The van der Waals surface area contributed by atoms with Crippen molar-refractivity contribution in [2.75, 3.05) is 13.2 Å². The molecule has 1 aromatic carbocycles. The minimum atomic E-state index is -2.78. The largest absolute Gasteiger partial charge is 0.435 e. The second-order valence-corrected chi connectivity index (χ2v) is 5.79. The van der Waals surface area contributed by atoms with Crippen LogP contribution in [0.15, 0.2) is 24.3 Å². The fourth-order valence-electron chi connectivity index (χ4n) is 3.10. The molecule has 1 aromatic rings. The van der Waals surface area contributed by atoms with Crippen LogP contribution in [0, 0.1) is 0 Å². The Balaban J connectivity index is 1.43. The molecule has 1 N–H and O–H groups in total. The van der Waals surface area contributed by atoms with Crippen molar-refractivity contribution >= 4 is 0 Å². The van der Waals surface area contributed by atoms with Crippen LogP contribution in [0.25, 0.3) is 0 Å². The van der Waals surface area contributed by atoms with Crippen molar-refractivity contribution in [2.45, 2.75) is 50.7 Å². The molecule has 2 fully saturated rings. The summed E-state index contributed by atoms with van der Waals surface area (Å²) < 4.78 is 39.9. The molecule has 1 heterocycles. The predicted octanol–water partition coefficient (Wildman–Crippen LogP) is 3.06. The van der Waals surface area contributed by atoms with E-state index in [9.17, 15) is 8.78 Å². The van der Waals surface area contributed by atoms with Crippen LogP contribution in [0.5, 0.6) is 5.75 Å². The summed E-state index contributed by atoms with van der Waals surface area (Å²) in [6.07, 6.45) is 3.89. The van der Waals surface area contributed by atoms with Gasteiger partial charge in [-0.1, -0.05) is 12.1 Å². The Morgan fingerprint density at radius 1 is 1.14 bits per heavy atom. The lowest BCUT2D eigenvalue weighted by molar-refractivity contribution is -0.179. The fourth-order valence-corrected chi connectivity index (χ4v) is 3.10. The molecule has 0 atom stereocenters. The van der Waals surface area contributed by atoms with Crippen molar-refractivity contribution in [1.82, 2.24) is 5.32 Å². The first-order chi connectivity index (χ1) is 10.7. The summed E-state index contributed by atoms with van der Waals surface area (Å²) in [6.45, 7) is -0.663. The molecule has 1 spiro atoms. The highest BCUT2D eigenvalue weighted by molar-refractivity contribution is 5.27. The van der Waals surface area contributed by atoms with Gasteiger partial charge in [0.15, 0.2) is 5.79 Å². The molecular weight excluding hydrogens is 292 g/mol. The Morgan fingerprint density at radius 2 is 1.77 bits per heavy atom. The molecule has 0 aromatic heterocycles. The van der Waals surface area contributed by atoms with E-state index < -0.39 is 6.61 Å². The maximum Gasteiger partial charge on any atom is 0.387 e. The molecule has 122 valence electrons. The average Bonchev–Trinajstić information content (AvgIpc) is 2.96. The highest BCUT2D eigenvalue weighted by Gasteiger charge is 2.40. The Labute approximate surface area is 128 Å². The minimum absolute atomic E-state index is 0.189. The third kappa shape index (κ3) is 3.94. The van der Waals surface area contributed by atoms with Gasteiger partial charge in [0.1, 0.15) is 5.75 Å². The van der Waals surface area contributed by atoms with Crippen LogP contribution in [-0.2, 0) is 16.0 Å². The summed E-state index contributed by atoms with van der Waals surface area (Å²) in [5.74, 6) is -0.138. The molecular formula is C16H21F2NO3. The SMILES string of the molecule is FC(F)Oc1ccc(CNC2CCC3(CC2)OCCO3)cc1. The molecule has 0 amide bonds. The van der Waals surface area contributed by atoms with Crippen LogP contribution in [0.3, 0.4) is 0 Å². The van der Waals surface area contributed by atoms with Crippen LogP contribution in [0.4, 0.5) is 8.78 Å². The van der Waals surface area contributed by atoms with Crippen LogP contribution in [0.1, 0.15) is 31.2 Å². The lowest BCUT2D eigenvalue weighted by Gasteiger charge is -2.35. The first-order valence-corrected chi connectivity index (χ1v) is 7.70. The number of hydrogen-bond acceptors (Lipinski definition) is 4. The zero-order valence-electron chi connectivity index (χ0n) is 12.4. The fraction of sp³-hybridized carbons (Fsp3) is 0.625. The number of ether oxygens (including phenoxy) is 3. The van der Waals surface area contributed by atoms with Gasteiger partial charge < -0.3 is 19.5 Å². The summed E-state index contributed by atoms with van der Waals surface area (Å²) >= 11 is 0. The molecule has 1 saturated carbocycles. The van der Waals surface area contributed by atoms with Gasteiger partial charge in [-0.25, -0.2) is 0 Å². The van der Waals surface area contributed by atoms with Crippen molar-refractivity contribution < 1.29 is 23.0 Å². The second-order valence-electron chi connectivity index (χ2n) is 5.79. The molecule has 1 aliphatic carbocycles. The topological polar surface area (TPSA) is 39.7 Å². The average molecular weight is 313 g/mol. The van der Waals surface area contributed by atoms with E-state index in [1.54, 1.807) is 24.3 Å². The molecule has 0 bridgehead atoms. The Bertz CT molecular complexity index is 465. The smallest absolute Gasteiger partial charge is 0.387 e. The van der Waals surface area contributed by atoms with Crippen molar-refractivity contribution in [3.63, 3.8) is 0 Å². The lowest BCUT2D eigenvalue weighted by atomic mass is 9.90. The van der Waals surface area contributed by atoms with E-state index in [1.807, 2.05) is 0 Å². The highest BCUT2D eigenvalue weighted by Crippen LogP contribution is 2.35. The van der Waals surface area contributed by atoms with Gasteiger partial charge in [-0.3, -0.25) is 0 Å². The van der Waals surface area contributed by atoms with Crippen molar-refractivity contribution in [3.8, 4) is 5.75 Å². The monoisotopic (exact) mass is 313 g/mol. The van der Waals surface area contributed by atoms with E-state index in [-0.39, 0.29) is 11.5 Å². The summed E-state index contributed by atoms with van der Waals surface area (Å²) in [5.41, 5.74) is 1.05. The summed E-state index contributed by atoms with van der Waals surface area (Å²) in [7, 11) is 0. The zero-order chi connectivity index (χ0) is 15.4. The van der Waals surface area contributed by atoms with Gasteiger partial charge in [-0.15, -0.1) is 0 Å². The summed E-state index contributed by atoms with van der Waals surface area (Å²) in [4.78, 5) is 0. The van der Waals surface area contributed by atoms with Gasteiger partial charge >= 0.3 is 6.61 Å². The number of nitrogens with one attached hydrogen (secondary N) is 1. The van der Waals surface area contributed by atoms with Crippen LogP contribution < -0.4 is 10.1 Å². The molecule has 1 saturated heterocycles. The van der Waals surface area contributed by atoms with Crippen molar-refractivity contribution in [2.24, 2.45) is 0 Å². The maximum atomic E-state index is 12.1. The van der Waals surface area contributed by atoms with E-state index in [1.165, 1.54) is 0 Å².